The van der Waals surface area contributed by atoms with Crippen molar-refractivity contribution in [3.05, 3.63) is 42.3 Å². The summed E-state index contributed by atoms with van der Waals surface area (Å²) in [5, 5.41) is 6.65. The van der Waals surface area contributed by atoms with E-state index in [0.29, 0.717) is 12.4 Å². The van der Waals surface area contributed by atoms with Crippen LogP contribution in [0.1, 0.15) is 18.5 Å². The molecule has 0 bridgehead atoms. The van der Waals surface area contributed by atoms with Gasteiger partial charge in [0.15, 0.2) is 5.96 Å². The molecule has 1 heterocycles. The van der Waals surface area contributed by atoms with Gasteiger partial charge in [-0.15, -0.1) is 0 Å². The molecule has 7 nitrogen and oxygen atoms in total. The van der Waals surface area contributed by atoms with Gasteiger partial charge in [0, 0.05) is 45.4 Å². The molecule has 3 rings (SSSR count). The molecule has 1 fully saturated rings. The van der Waals surface area contributed by atoms with Crippen LogP contribution >= 0.6 is 0 Å². The van der Waals surface area contributed by atoms with E-state index >= 15 is 0 Å². The molecule has 0 radical (unpaired) electrons. The minimum Gasteiger partial charge on any atom is -0.444 e. The van der Waals surface area contributed by atoms with Crippen molar-refractivity contribution in [3.8, 4) is 11.5 Å². The molecule has 0 unspecified atom stereocenters. The summed E-state index contributed by atoms with van der Waals surface area (Å²) in [6.45, 7) is 4.15. The van der Waals surface area contributed by atoms with Crippen LogP contribution in [0, 0.1) is 0 Å². The lowest BCUT2D eigenvalue weighted by atomic mass is 10.2. The number of guanidine groups is 1. The lowest BCUT2D eigenvalue weighted by Crippen LogP contribution is -2.42. The van der Waals surface area contributed by atoms with Crippen molar-refractivity contribution >= 4 is 5.96 Å². The predicted octanol–water partition coefficient (Wildman–Crippen LogP) is 2.12. The Morgan fingerprint density at radius 2 is 2.07 bits per heavy atom. The first kappa shape index (κ1) is 19.4. The quantitative estimate of drug-likeness (QED) is 0.492. The van der Waals surface area contributed by atoms with E-state index in [4.69, 9.17) is 9.15 Å². The van der Waals surface area contributed by atoms with Crippen LogP contribution in [0.3, 0.4) is 0 Å². The zero-order chi connectivity index (χ0) is 18.9. The van der Waals surface area contributed by atoms with Crippen molar-refractivity contribution in [2.45, 2.75) is 25.4 Å². The van der Waals surface area contributed by atoms with Crippen LogP contribution in [0.5, 0.6) is 0 Å². The molecule has 2 N–H and O–H groups in total. The summed E-state index contributed by atoms with van der Waals surface area (Å²) in [5.74, 6) is 1.40. The highest BCUT2D eigenvalue weighted by Gasteiger charge is 2.28. The lowest BCUT2D eigenvalue weighted by Gasteiger charge is -2.22. The van der Waals surface area contributed by atoms with E-state index in [2.05, 4.69) is 25.5 Å². The Balaban J connectivity index is 1.42. The summed E-state index contributed by atoms with van der Waals surface area (Å²) < 4.78 is 10.8. The van der Waals surface area contributed by atoms with Gasteiger partial charge in [-0.25, -0.2) is 4.98 Å². The topological polar surface area (TPSA) is 74.9 Å². The van der Waals surface area contributed by atoms with E-state index in [0.717, 1.165) is 49.5 Å². The van der Waals surface area contributed by atoms with Gasteiger partial charge in [0.1, 0.15) is 6.26 Å². The minimum absolute atomic E-state index is 0.562. The Morgan fingerprint density at radius 1 is 1.26 bits per heavy atom. The smallest absolute Gasteiger partial charge is 0.226 e. The van der Waals surface area contributed by atoms with Crippen LogP contribution in [0.4, 0.5) is 0 Å². The SMILES string of the molecule is CN=C(NCCN(CCOC)C1CC1)NCc1coc(-c2ccccc2)n1. The normalized spacial score (nSPS) is 14.6. The second-order valence-electron chi connectivity index (χ2n) is 6.62. The Morgan fingerprint density at radius 3 is 2.78 bits per heavy atom. The number of hydrogen-bond donors (Lipinski definition) is 2. The molecule has 1 aliphatic carbocycles. The molecule has 1 saturated carbocycles. The molecule has 0 aliphatic heterocycles. The van der Waals surface area contributed by atoms with Crippen LogP contribution < -0.4 is 10.6 Å². The second-order valence-corrected chi connectivity index (χ2v) is 6.62. The standard InChI is InChI=1S/C20H29N5O2/c1-21-20(22-10-11-25(12-13-26-2)18-8-9-18)23-14-17-15-27-19(24-17)16-6-4-3-5-7-16/h3-7,15,18H,8-14H2,1-2H3,(H2,21,22,23). The van der Waals surface area contributed by atoms with Crippen molar-refractivity contribution in [1.29, 1.82) is 0 Å². The molecule has 0 amide bonds. The first-order valence-electron chi connectivity index (χ1n) is 9.47. The largest absolute Gasteiger partial charge is 0.444 e. The van der Waals surface area contributed by atoms with Crippen molar-refractivity contribution in [3.63, 3.8) is 0 Å². The summed E-state index contributed by atoms with van der Waals surface area (Å²) in [6, 6.07) is 10.6. The number of nitrogens with one attached hydrogen (secondary N) is 2. The van der Waals surface area contributed by atoms with E-state index in [1.165, 1.54) is 12.8 Å². The van der Waals surface area contributed by atoms with Crippen LogP contribution in [0.2, 0.25) is 0 Å². The first-order chi connectivity index (χ1) is 13.3. The van der Waals surface area contributed by atoms with Gasteiger partial charge in [-0.2, -0.15) is 0 Å². The van der Waals surface area contributed by atoms with Gasteiger partial charge in [0.05, 0.1) is 18.8 Å². The average molecular weight is 371 g/mol. The van der Waals surface area contributed by atoms with Crippen molar-refractivity contribution in [1.82, 2.24) is 20.5 Å². The summed E-state index contributed by atoms with van der Waals surface area (Å²) >= 11 is 0. The fraction of sp³-hybridized carbons (Fsp3) is 0.500. The number of oxazole rings is 1. The molecular weight excluding hydrogens is 342 g/mol. The Labute approximate surface area is 160 Å². The lowest BCUT2D eigenvalue weighted by molar-refractivity contribution is 0.144. The predicted molar refractivity (Wildman–Crippen MR) is 107 cm³/mol. The highest BCUT2D eigenvalue weighted by Crippen LogP contribution is 2.26. The number of aromatic nitrogens is 1. The number of rotatable bonds is 10. The molecule has 1 aliphatic rings. The first-order valence-corrected chi connectivity index (χ1v) is 9.47. The summed E-state index contributed by atoms with van der Waals surface area (Å²) in [4.78, 5) is 11.3. The highest BCUT2D eigenvalue weighted by atomic mass is 16.5. The van der Waals surface area contributed by atoms with Gasteiger partial charge in [0.2, 0.25) is 5.89 Å². The monoisotopic (exact) mass is 371 g/mol. The van der Waals surface area contributed by atoms with Gasteiger partial charge in [-0.1, -0.05) is 18.2 Å². The number of benzene rings is 1. The Kier molecular flexibility index (Phi) is 7.24. The van der Waals surface area contributed by atoms with Crippen molar-refractivity contribution in [2.75, 3.05) is 40.4 Å². The van der Waals surface area contributed by atoms with Crippen LogP contribution in [-0.4, -0.2) is 62.3 Å². The summed E-state index contributed by atoms with van der Waals surface area (Å²) in [5.41, 5.74) is 1.82. The Bertz CT molecular complexity index is 712. The van der Waals surface area contributed by atoms with E-state index in [9.17, 15) is 0 Å². The molecular formula is C20H29N5O2. The van der Waals surface area contributed by atoms with Gasteiger partial charge in [0.25, 0.3) is 0 Å². The zero-order valence-corrected chi connectivity index (χ0v) is 16.1. The van der Waals surface area contributed by atoms with Gasteiger partial charge >= 0.3 is 0 Å². The highest BCUT2D eigenvalue weighted by molar-refractivity contribution is 5.79. The molecule has 7 heteroatoms. The molecule has 1 aromatic carbocycles. The Hall–Kier alpha value is -2.38. The third-order valence-electron chi connectivity index (χ3n) is 4.57. The number of hydrogen-bond acceptors (Lipinski definition) is 5. The van der Waals surface area contributed by atoms with Crippen LogP contribution in [0.25, 0.3) is 11.5 Å². The maximum atomic E-state index is 5.57. The van der Waals surface area contributed by atoms with Gasteiger partial charge in [-0.3, -0.25) is 9.89 Å². The summed E-state index contributed by atoms with van der Waals surface area (Å²) in [6.07, 6.45) is 4.28. The van der Waals surface area contributed by atoms with E-state index in [-0.39, 0.29) is 0 Å². The molecule has 0 atom stereocenters. The maximum absolute atomic E-state index is 5.57. The summed E-state index contributed by atoms with van der Waals surface area (Å²) in [7, 11) is 3.53. The third-order valence-corrected chi connectivity index (χ3v) is 4.57. The molecule has 1 aromatic heterocycles. The van der Waals surface area contributed by atoms with Crippen molar-refractivity contribution < 1.29 is 9.15 Å². The van der Waals surface area contributed by atoms with Crippen LogP contribution in [-0.2, 0) is 11.3 Å². The van der Waals surface area contributed by atoms with Crippen molar-refractivity contribution in [2.24, 2.45) is 4.99 Å². The molecule has 146 valence electrons. The molecule has 2 aromatic rings. The number of aliphatic imine (C=N–C) groups is 1. The third kappa shape index (κ3) is 6.08. The van der Waals surface area contributed by atoms with Gasteiger partial charge in [-0.05, 0) is 25.0 Å². The average Bonchev–Trinajstić information content (AvgIpc) is 3.45. The second kappa shape index (κ2) is 10.1. The number of methoxy groups -OCH3 is 1. The van der Waals surface area contributed by atoms with E-state index in [1.807, 2.05) is 30.3 Å². The fourth-order valence-corrected chi connectivity index (χ4v) is 2.94. The molecule has 0 saturated heterocycles. The number of nitrogens with zero attached hydrogens (tertiary/aromatic N) is 3. The van der Waals surface area contributed by atoms with E-state index in [1.54, 1.807) is 20.4 Å². The van der Waals surface area contributed by atoms with Crippen LogP contribution in [0.15, 0.2) is 46.0 Å². The fourth-order valence-electron chi connectivity index (χ4n) is 2.94. The number of ether oxygens (including phenoxy) is 1. The van der Waals surface area contributed by atoms with Gasteiger partial charge < -0.3 is 19.8 Å². The maximum Gasteiger partial charge on any atom is 0.226 e. The van der Waals surface area contributed by atoms with E-state index < -0.39 is 0 Å². The zero-order valence-electron chi connectivity index (χ0n) is 16.1. The molecule has 27 heavy (non-hydrogen) atoms. The molecule has 0 spiro atoms. The minimum atomic E-state index is 0.562.